The van der Waals surface area contributed by atoms with Crippen molar-refractivity contribution in [2.75, 3.05) is 18.5 Å². The van der Waals surface area contributed by atoms with Crippen LogP contribution in [0.1, 0.15) is 0 Å². The van der Waals surface area contributed by atoms with Gasteiger partial charge >= 0.3 is 5.97 Å². The SMILES string of the molecule is O=C(COc1ccccc1)OC[C@@H](Br)CBr. The molecule has 0 saturated carbocycles. The van der Waals surface area contributed by atoms with E-state index in [1.54, 1.807) is 12.1 Å². The molecule has 0 fully saturated rings. The molecule has 1 aromatic rings. The third-order valence-corrected chi connectivity index (χ3v) is 3.93. The Hall–Kier alpha value is -0.550. The van der Waals surface area contributed by atoms with E-state index in [0.29, 0.717) is 12.4 Å². The fraction of sp³-hybridized carbons (Fsp3) is 0.364. The predicted octanol–water partition coefficient (Wildman–Crippen LogP) is 2.77. The Bertz CT molecular complexity index is 316. The summed E-state index contributed by atoms with van der Waals surface area (Å²) in [5.41, 5.74) is 0. The molecule has 1 rings (SSSR count). The topological polar surface area (TPSA) is 35.5 Å². The molecule has 88 valence electrons. The first-order valence-electron chi connectivity index (χ1n) is 4.76. The van der Waals surface area contributed by atoms with Gasteiger partial charge in [-0.25, -0.2) is 4.79 Å². The van der Waals surface area contributed by atoms with E-state index in [1.807, 2.05) is 18.2 Å². The molecule has 0 saturated heterocycles. The van der Waals surface area contributed by atoms with Crippen LogP contribution in [0.5, 0.6) is 5.75 Å². The van der Waals surface area contributed by atoms with E-state index in [0.717, 1.165) is 5.33 Å². The van der Waals surface area contributed by atoms with Crippen LogP contribution in [0.25, 0.3) is 0 Å². The highest BCUT2D eigenvalue weighted by Gasteiger charge is 2.08. The van der Waals surface area contributed by atoms with Crippen LogP contribution in [0.2, 0.25) is 0 Å². The molecule has 5 heteroatoms. The van der Waals surface area contributed by atoms with E-state index in [2.05, 4.69) is 31.9 Å². The van der Waals surface area contributed by atoms with Crippen molar-refractivity contribution in [3.05, 3.63) is 30.3 Å². The highest BCUT2D eigenvalue weighted by molar-refractivity contribution is 9.12. The van der Waals surface area contributed by atoms with Crippen LogP contribution < -0.4 is 4.74 Å². The zero-order valence-electron chi connectivity index (χ0n) is 8.57. The molecule has 0 radical (unpaired) electrons. The molecule has 0 aromatic heterocycles. The summed E-state index contributed by atoms with van der Waals surface area (Å²) < 4.78 is 10.2. The number of ether oxygens (including phenoxy) is 2. The number of alkyl halides is 2. The summed E-state index contributed by atoms with van der Waals surface area (Å²) >= 11 is 6.61. The Kier molecular flexibility index (Phi) is 6.49. The van der Waals surface area contributed by atoms with Crippen LogP contribution in [0, 0.1) is 0 Å². The minimum Gasteiger partial charge on any atom is -0.482 e. The van der Waals surface area contributed by atoms with Crippen LogP contribution in [-0.4, -0.2) is 29.3 Å². The monoisotopic (exact) mass is 350 g/mol. The molecule has 0 N–H and O–H groups in total. The zero-order valence-corrected chi connectivity index (χ0v) is 11.7. The first kappa shape index (κ1) is 13.5. The number of rotatable bonds is 6. The number of carbonyl (C=O) groups is 1. The van der Waals surface area contributed by atoms with Crippen molar-refractivity contribution < 1.29 is 14.3 Å². The van der Waals surface area contributed by atoms with Gasteiger partial charge in [-0.05, 0) is 12.1 Å². The van der Waals surface area contributed by atoms with Gasteiger partial charge in [0, 0.05) is 5.33 Å². The third kappa shape index (κ3) is 5.51. The van der Waals surface area contributed by atoms with Gasteiger partial charge in [0.15, 0.2) is 6.61 Å². The smallest absolute Gasteiger partial charge is 0.344 e. The maximum atomic E-state index is 11.3. The molecule has 1 aromatic carbocycles. The van der Waals surface area contributed by atoms with Gasteiger partial charge in [-0.2, -0.15) is 0 Å². The highest BCUT2D eigenvalue weighted by Crippen LogP contribution is 2.08. The van der Waals surface area contributed by atoms with Crippen LogP contribution in [0.15, 0.2) is 30.3 Å². The number of esters is 1. The number of hydrogen-bond donors (Lipinski definition) is 0. The highest BCUT2D eigenvalue weighted by atomic mass is 79.9. The average molecular weight is 352 g/mol. The Labute approximate surface area is 111 Å². The molecule has 16 heavy (non-hydrogen) atoms. The summed E-state index contributed by atoms with van der Waals surface area (Å²) in [6.45, 7) is 0.272. The van der Waals surface area contributed by atoms with E-state index in [9.17, 15) is 4.79 Å². The summed E-state index contributed by atoms with van der Waals surface area (Å²) in [4.78, 5) is 11.4. The lowest BCUT2D eigenvalue weighted by Crippen LogP contribution is -2.19. The van der Waals surface area contributed by atoms with Crippen LogP contribution >= 0.6 is 31.9 Å². The third-order valence-electron chi connectivity index (χ3n) is 1.69. The van der Waals surface area contributed by atoms with Crippen LogP contribution in [-0.2, 0) is 9.53 Å². The van der Waals surface area contributed by atoms with E-state index in [4.69, 9.17) is 9.47 Å². The normalized spacial score (nSPS) is 11.9. The Morgan fingerprint density at radius 3 is 2.62 bits per heavy atom. The molecule has 0 amide bonds. The Balaban J connectivity index is 2.20. The molecule has 0 aliphatic carbocycles. The second-order valence-corrected chi connectivity index (χ2v) is 4.98. The number of hydrogen-bond acceptors (Lipinski definition) is 3. The summed E-state index contributed by atoms with van der Waals surface area (Å²) in [7, 11) is 0. The summed E-state index contributed by atoms with van der Waals surface area (Å²) in [6.07, 6.45) is 0. The van der Waals surface area contributed by atoms with Gasteiger partial charge in [0.2, 0.25) is 0 Å². The lowest BCUT2D eigenvalue weighted by atomic mass is 10.3. The largest absolute Gasteiger partial charge is 0.482 e. The van der Waals surface area contributed by atoms with Gasteiger partial charge in [-0.3, -0.25) is 0 Å². The molecule has 0 aliphatic heterocycles. The van der Waals surface area contributed by atoms with Crippen LogP contribution in [0.3, 0.4) is 0 Å². The lowest BCUT2D eigenvalue weighted by Gasteiger charge is -2.08. The maximum absolute atomic E-state index is 11.3. The van der Waals surface area contributed by atoms with Gasteiger partial charge in [0.05, 0.1) is 4.83 Å². The van der Waals surface area contributed by atoms with Crippen molar-refractivity contribution in [1.82, 2.24) is 0 Å². The van der Waals surface area contributed by atoms with E-state index < -0.39 is 0 Å². The minimum atomic E-state index is -0.366. The molecular weight excluding hydrogens is 340 g/mol. The molecule has 1 atom stereocenters. The second kappa shape index (κ2) is 7.68. The predicted molar refractivity (Wildman–Crippen MR) is 69.4 cm³/mol. The molecule has 0 bridgehead atoms. The van der Waals surface area contributed by atoms with Crippen molar-refractivity contribution in [2.45, 2.75) is 4.83 Å². The fourth-order valence-corrected chi connectivity index (χ4v) is 1.25. The molecule has 0 spiro atoms. The van der Waals surface area contributed by atoms with E-state index in [-0.39, 0.29) is 17.4 Å². The van der Waals surface area contributed by atoms with Crippen molar-refractivity contribution in [3.8, 4) is 5.75 Å². The first-order valence-corrected chi connectivity index (χ1v) is 6.79. The van der Waals surface area contributed by atoms with Gasteiger partial charge in [0.1, 0.15) is 12.4 Å². The Morgan fingerprint density at radius 1 is 1.31 bits per heavy atom. The van der Waals surface area contributed by atoms with E-state index >= 15 is 0 Å². The van der Waals surface area contributed by atoms with Gasteiger partial charge in [-0.1, -0.05) is 50.1 Å². The molecular formula is C11H12Br2O3. The van der Waals surface area contributed by atoms with Crippen molar-refractivity contribution in [1.29, 1.82) is 0 Å². The average Bonchev–Trinajstić information content (AvgIpc) is 2.34. The van der Waals surface area contributed by atoms with Crippen LogP contribution in [0.4, 0.5) is 0 Å². The summed E-state index contributed by atoms with van der Waals surface area (Å²) in [5, 5.41) is 0.736. The van der Waals surface area contributed by atoms with Crippen molar-refractivity contribution in [2.24, 2.45) is 0 Å². The van der Waals surface area contributed by atoms with Crippen molar-refractivity contribution in [3.63, 3.8) is 0 Å². The standard InChI is InChI=1S/C11H12Br2O3/c12-6-9(13)7-16-11(14)8-15-10-4-2-1-3-5-10/h1-5,9H,6-8H2/t9-/m0/s1. The van der Waals surface area contributed by atoms with E-state index in [1.165, 1.54) is 0 Å². The zero-order chi connectivity index (χ0) is 11.8. The fourth-order valence-electron chi connectivity index (χ4n) is 0.929. The molecule has 0 heterocycles. The summed E-state index contributed by atoms with van der Waals surface area (Å²) in [6, 6.07) is 9.16. The van der Waals surface area contributed by atoms with Crippen molar-refractivity contribution >= 4 is 37.8 Å². The quantitative estimate of drug-likeness (QED) is 0.584. The maximum Gasteiger partial charge on any atom is 0.344 e. The summed E-state index contributed by atoms with van der Waals surface area (Å²) in [5.74, 6) is 0.296. The number of benzene rings is 1. The molecule has 3 nitrogen and oxygen atoms in total. The Morgan fingerprint density at radius 2 is 2.00 bits per heavy atom. The number of halogens is 2. The van der Waals surface area contributed by atoms with Gasteiger partial charge < -0.3 is 9.47 Å². The number of carbonyl (C=O) groups excluding carboxylic acids is 1. The first-order chi connectivity index (χ1) is 7.72. The second-order valence-electron chi connectivity index (χ2n) is 3.04. The molecule has 0 unspecified atom stereocenters. The molecule has 0 aliphatic rings. The minimum absolute atomic E-state index is 0.0635. The lowest BCUT2D eigenvalue weighted by molar-refractivity contribution is -0.145. The van der Waals surface area contributed by atoms with Gasteiger partial charge in [0.25, 0.3) is 0 Å². The van der Waals surface area contributed by atoms with Gasteiger partial charge in [-0.15, -0.1) is 0 Å². The number of para-hydroxylation sites is 1.